The molecular formula is C19H18ClNO4. The van der Waals surface area contributed by atoms with E-state index >= 15 is 0 Å². The van der Waals surface area contributed by atoms with Crippen molar-refractivity contribution in [1.29, 1.82) is 0 Å². The van der Waals surface area contributed by atoms with E-state index in [-0.39, 0.29) is 17.4 Å². The fourth-order valence-electron chi connectivity index (χ4n) is 2.88. The van der Waals surface area contributed by atoms with E-state index < -0.39 is 5.97 Å². The van der Waals surface area contributed by atoms with E-state index in [1.807, 2.05) is 12.1 Å². The van der Waals surface area contributed by atoms with Crippen LogP contribution in [0.15, 0.2) is 48.5 Å². The second kappa shape index (κ2) is 7.57. The maximum Gasteiger partial charge on any atom is 0.335 e. The highest BCUT2D eigenvalue weighted by Gasteiger charge is 2.30. The minimum absolute atomic E-state index is 0.109. The molecule has 1 saturated heterocycles. The summed E-state index contributed by atoms with van der Waals surface area (Å²) < 4.78 is 5.65. The van der Waals surface area contributed by atoms with Gasteiger partial charge in [-0.05, 0) is 60.9 Å². The zero-order chi connectivity index (χ0) is 17.8. The van der Waals surface area contributed by atoms with E-state index in [2.05, 4.69) is 0 Å². The highest BCUT2D eigenvalue weighted by Crippen LogP contribution is 2.28. The van der Waals surface area contributed by atoms with Crippen LogP contribution in [-0.4, -0.2) is 30.1 Å². The summed E-state index contributed by atoms with van der Waals surface area (Å²) in [4.78, 5) is 24.8. The molecule has 3 rings (SSSR count). The summed E-state index contributed by atoms with van der Waals surface area (Å²) in [6.07, 6.45) is 1.26. The molecule has 25 heavy (non-hydrogen) atoms. The van der Waals surface area contributed by atoms with E-state index in [9.17, 15) is 9.59 Å². The van der Waals surface area contributed by atoms with Gasteiger partial charge in [-0.3, -0.25) is 4.79 Å². The molecule has 1 fully saturated rings. The molecule has 1 atom stereocenters. The molecule has 0 spiro atoms. The molecule has 1 N–H and O–H groups in total. The van der Waals surface area contributed by atoms with E-state index in [4.69, 9.17) is 21.4 Å². The van der Waals surface area contributed by atoms with Gasteiger partial charge in [0.1, 0.15) is 5.75 Å². The Labute approximate surface area is 150 Å². The van der Waals surface area contributed by atoms with Gasteiger partial charge in [-0.15, -0.1) is 0 Å². The van der Waals surface area contributed by atoms with Crippen LogP contribution in [0.2, 0.25) is 5.02 Å². The fraction of sp³-hybridized carbons (Fsp3) is 0.263. The molecule has 5 nitrogen and oxygen atoms in total. The van der Waals surface area contributed by atoms with Gasteiger partial charge in [-0.1, -0.05) is 11.6 Å². The minimum Gasteiger partial charge on any atom is -0.494 e. The van der Waals surface area contributed by atoms with Crippen LogP contribution in [0.25, 0.3) is 0 Å². The Balaban J connectivity index is 1.50. The summed E-state index contributed by atoms with van der Waals surface area (Å²) >= 11 is 5.88. The fourth-order valence-corrected chi connectivity index (χ4v) is 3.01. The summed E-state index contributed by atoms with van der Waals surface area (Å²) in [5.41, 5.74) is 1.09. The van der Waals surface area contributed by atoms with Gasteiger partial charge in [0, 0.05) is 23.7 Å². The number of nitrogens with zero attached hydrogens (tertiary/aromatic N) is 1. The van der Waals surface area contributed by atoms with Crippen LogP contribution in [0.3, 0.4) is 0 Å². The molecule has 0 radical (unpaired) electrons. The Bertz CT molecular complexity index is 758. The zero-order valence-corrected chi connectivity index (χ0v) is 14.3. The molecule has 1 unspecified atom stereocenters. The topological polar surface area (TPSA) is 66.8 Å². The third-order valence-electron chi connectivity index (χ3n) is 4.24. The lowest BCUT2D eigenvalue weighted by Crippen LogP contribution is -2.24. The first kappa shape index (κ1) is 17.3. The van der Waals surface area contributed by atoms with Crippen LogP contribution >= 0.6 is 11.6 Å². The van der Waals surface area contributed by atoms with Crippen molar-refractivity contribution in [2.75, 3.05) is 18.1 Å². The standard InChI is InChI=1S/C19H18ClNO4/c20-15-3-5-16(6-4-15)21-12-13(11-18(21)22)9-10-25-17-7-1-14(2-8-17)19(23)24/h1-8,13H,9-12H2,(H,23,24). The number of hydrogen-bond donors (Lipinski definition) is 1. The molecule has 0 saturated carbocycles. The average Bonchev–Trinajstić information content (AvgIpc) is 2.97. The summed E-state index contributed by atoms with van der Waals surface area (Å²) in [7, 11) is 0. The van der Waals surface area contributed by atoms with Gasteiger partial charge in [0.25, 0.3) is 0 Å². The highest BCUT2D eigenvalue weighted by molar-refractivity contribution is 6.30. The van der Waals surface area contributed by atoms with Crippen molar-refractivity contribution in [2.24, 2.45) is 5.92 Å². The molecule has 0 aromatic heterocycles. The van der Waals surface area contributed by atoms with Gasteiger partial charge in [-0.2, -0.15) is 0 Å². The lowest BCUT2D eigenvalue weighted by atomic mass is 10.1. The van der Waals surface area contributed by atoms with Gasteiger partial charge in [-0.25, -0.2) is 4.79 Å². The number of amides is 1. The molecule has 1 amide bonds. The Morgan fingerprint density at radius 1 is 1.16 bits per heavy atom. The molecule has 2 aromatic rings. The highest BCUT2D eigenvalue weighted by atomic mass is 35.5. The number of carboxylic acids is 1. The van der Waals surface area contributed by atoms with Crippen LogP contribution in [0.5, 0.6) is 5.75 Å². The molecule has 1 heterocycles. The van der Waals surface area contributed by atoms with E-state index in [0.29, 0.717) is 30.3 Å². The normalized spacial score (nSPS) is 16.9. The summed E-state index contributed by atoms with van der Waals surface area (Å²) in [5, 5.41) is 9.52. The van der Waals surface area contributed by atoms with Crippen LogP contribution < -0.4 is 9.64 Å². The van der Waals surface area contributed by atoms with Crippen LogP contribution in [0.4, 0.5) is 5.69 Å². The average molecular weight is 360 g/mol. The van der Waals surface area contributed by atoms with Gasteiger partial charge < -0.3 is 14.7 Å². The first-order valence-electron chi connectivity index (χ1n) is 8.05. The van der Waals surface area contributed by atoms with E-state index in [1.165, 1.54) is 12.1 Å². The van der Waals surface area contributed by atoms with Crippen molar-refractivity contribution < 1.29 is 19.4 Å². The van der Waals surface area contributed by atoms with Crippen molar-refractivity contribution in [3.8, 4) is 5.75 Å². The van der Waals surface area contributed by atoms with Crippen LogP contribution in [0.1, 0.15) is 23.2 Å². The number of carbonyl (C=O) groups is 2. The number of benzene rings is 2. The Morgan fingerprint density at radius 3 is 2.48 bits per heavy atom. The van der Waals surface area contributed by atoms with Gasteiger partial charge in [0.2, 0.25) is 5.91 Å². The number of hydrogen-bond acceptors (Lipinski definition) is 3. The van der Waals surface area contributed by atoms with Crippen molar-refractivity contribution >= 4 is 29.2 Å². The zero-order valence-electron chi connectivity index (χ0n) is 13.5. The monoisotopic (exact) mass is 359 g/mol. The van der Waals surface area contributed by atoms with Gasteiger partial charge in [0.05, 0.1) is 12.2 Å². The molecule has 1 aliphatic rings. The second-order valence-corrected chi connectivity index (χ2v) is 6.45. The molecule has 0 bridgehead atoms. The molecule has 6 heteroatoms. The quantitative estimate of drug-likeness (QED) is 0.850. The lowest BCUT2D eigenvalue weighted by molar-refractivity contribution is -0.117. The molecule has 130 valence electrons. The molecule has 0 aliphatic carbocycles. The molecule has 2 aromatic carbocycles. The van der Waals surface area contributed by atoms with Crippen molar-refractivity contribution in [2.45, 2.75) is 12.8 Å². The number of halogens is 1. The van der Waals surface area contributed by atoms with Gasteiger partial charge in [0.15, 0.2) is 0 Å². The SMILES string of the molecule is O=C(O)c1ccc(OCCC2CC(=O)N(c3ccc(Cl)cc3)C2)cc1. The summed E-state index contributed by atoms with van der Waals surface area (Å²) in [5.74, 6) is 0.0156. The third kappa shape index (κ3) is 4.31. The third-order valence-corrected chi connectivity index (χ3v) is 4.49. The smallest absolute Gasteiger partial charge is 0.335 e. The predicted octanol–water partition coefficient (Wildman–Crippen LogP) is 3.86. The minimum atomic E-state index is -0.960. The van der Waals surface area contributed by atoms with Crippen molar-refractivity contribution in [3.05, 3.63) is 59.1 Å². The molecule has 1 aliphatic heterocycles. The first-order valence-corrected chi connectivity index (χ1v) is 8.43. The Hall–Kier alpha value is -2.53. The van der Waals surface area contributed by atoms with Gasteiger partial charge >= 0.3 is 5.97 Å². The van der Waals surface area contributed by atoms with Crippen molar-refractivity contribution in [1.82, 2.24) is 0 Å². The first-order chi connectivity index (χ1) is 12.0. The largest absolute Gasteiger partial charge is 0.494 e. The maximum atomic E-state index is 12.2. The summed E-state index contributed by atoms with van der Waals surface area (Å²) in [6, 6.07) is 13.6. The number of ether oxygens (including phenoxy) is 1. The lowest BCUT2D eigenvalue weighted by Gasteiger charge is -2.17. The Morgan fingerprint density at radius 2 is 1.84 bits per heavy atom. The maximum absolute atomic E-state index is 12.2. The number of anilines is 1. The number of carboxylic acid groups (broad SMARTS) is 1. The number of carbonyl (C=O) groups excluding carboxylic acids is 1. The number of aromatic carboxylic acids is 1. The second-order valence-electron chi connectivity index (χ2n) is 6.02. The molecular weight excluding hydrogens is 342 g/mol. The summed E-state index contributed by atoms with van der Waals surface area (Å²) in [6.45, 7) is 1.15. The number of rotatable bonds is 6. The predicted molar refractivity (Wildman–Crippen MR) is 95.4 cm³/mol. The van der Waals surface area contributed by atoms with Crippen LogP contribution in [0, 0.1) is 5.92 Å². The van der Waals surface area contributed by atoms with Crippen molar-refractivity contribution in [3.63, 3.8) is 0 Å². The van der Waals surface area contributed by atoms with E-state index in [0.717, 1.165) is 12.1 Å². The van der Waals surface area contributed by atoms with E-state index in [1.54, 1.807) is 29.2 Å². The van der Waals surface area contributed by atoms with Crippen LogP contribution in [-0.2, 0) is 4.79 Å². The Kier molecular flexibility index (Phi) is 5.24.